The van der Waals surface area contributed by atoms with Gasteiger partial charge in [-0.2, -0.15) is 4.99 Å². The lowest BCUT2D eigenvalue weighted by molar-refractivity contribution is -0.113. The summed E-state index contributed by atoms with van der Waals surface area (Å²) in [7, 11) is 5.01. The van der Waals surface area contributed by atoms with Crippen molar-refractivity contribution in [3.63, 3.8) is 0 Å². The molecule has 6 heteroatoms. The van der Waals surface area contributed by atoms with E-state index in [1.54, 1.807) is 43.1 Å². The molecule has 0 aliphatic carbocycles. The van der Waals surface area contributed by atoms with Crippen molar-refractivity contribution in [2.24, 2.45) is 12.0 Å². The van der Waals surface area contributed by atoms with Crippen LogP contribution in [0.2, 0.25) is 0 Å². The first-order valence-corrected chi connectivity index (χ1v) is 7.11. The number of carbonyl (C=O) groups excluding carboxylic acids is 1. The fourth-order valence-electron chi connectivity index (χ4n) is 1.70. The third kappa shape index (κ3) is 3.82. The number of carbonyl (C=O) groups is 1. The maximum absolute atomic E-state index is 11.9. The number of amides is 1. The monoisotopic (exact) mass is 304 g/mol. The molecule has 5 nitrogen and oxygen atoms in total. The maximum atomic E-state index is 11.9. The van der Waals surface area contributed by atoms with E-state index in [1.807, 2.05) is 18.6 Å². The number of nitrogens with zero attached hydrogens (tertiary/aromatic N) is 2. The van der Waals surface area contributed by atoms with Crippen molar-refractivity contribution in [3.8, 4) is 11.5 Å². The average molecular weight is 304 g/mol. The zero-order valence-corrected chi connectivity index (χ0v) is 12.9. The Kier molecular flexibility index (Phi) is 4.94. The molecule has 0 fully saturated rings. The number of methoxy groups -OCH3 is 2. The molecule has 0 saturated carbocycles. The molecular weight excluding hydrogens is 288 g/mol. The molecule has 0 spiro atoms. The smallest absolute Gasteiger partial charge is 0.272 e. The summed E-state index contributed by atoms with van der Waals surface area (Å²) in [6.07, 6.45) is 4.93. The van der Waals surface area contributed by atoms with Gasteiger partial charge in [-0.05, 0) is 24.3 Å². The summed E-state index contributed by atoms with van der Waals surface area (Å²) in [5.74, 6) is 1.05. The number of aromatic nitrogens is 1. The number of ether oxygens (including phenoxy) is 2. The minimum Gasteiger partial charge on any atom is -0.497 e. The fourth-order valence-corrected chi connectivity index (χ4v) is 2.43. The van der Waals surface area contributed by atoms with Gasteiger partial charge in [-0.25, -0.2) is 0 Å². The molecule has 0 atom stereocenters. The van der Waals surface area contributed by atoms with Crippen LogP contribution in [-0.2, 0) is 11.8 Å². The molecule has 2 rings (SSSR count). The lowest BCUT2D eigenvalue weighted by atomic mass is 10.1. The number of hydrogen-bond donors (Lipinski definition) is 0. The van der Waals surface area contributed by atoms with Gasteiger partial charge in [-0.1, -0.05) is 0 Å². The van der Waals surface area contributed by atoms with Crippen molar-refractivity contribution < 1.29 is 14.3 Å². The van der Waals surface area contributed by atoms with Gasteiger partial charge in [0.15, 0.2) is 4.80 Å². The number of aryl methyl sites for hydroxylation is 1. The highest BCUT2D eigenvalue weighted by Gasteiger charge is 2.03. The fraction of sp³-hybridized carbons (Fsp3) is 0.200. The van der Waals surface area contributed by atoms with E-state index < -0.39 is 0 Å². The van der Waals surface area contributed by atoms with Gasteiger partial charge in [0.05, 0.1) is 14.2 Å². The van der Waals surface area contributed by atoms with E-state index in [9.17, 15) is 4.79 Å². The van der Waals surface area contributed by atoms with Gasteiger partial charge < -0.3 is 14.0 Å². The van der Waals surface area contributed by atoms with Gasteiger partial charge >= 0.3 is 0 Å². The Morgan fingerprint density at radius 2 is 2.14 bits per heavy atom. The van der Waals surface area contributed by atoms with E-state index in [2.05, 4.69) is 4.99 Å². The predicted molar refractivity (Wildman–Crippen MR) is 82.4 cm³/mol. The van der Waals surface area contributed by atoms with E-state index >= 15 is 0 Å². The summed E-state index contributed by atoms with van der Waals surface area (Å²) in [6, 6.07) is 5.39. The summed E-state index contributed by atoms with van der Waals surface area (Å²) in [6.45, 7) is 0. The Labute approximate surface area is 126 Å². The standard InChI is InChI=1S/C15H16N2O3S/c1-17-8-9-21-15(17)16-14(18)7-4-11-10-12(19-2)5-6-13(11)20-3/h4-10H,1-3H3/b7-4+,16-15?. The summed E-state index contributed by atoms with van der Waals surface area (Å²) in [5.41, 5.74) is 0.760. The Morgan fingerprint density at radius 1 is 1.33 bits per heavy atom. The molecule has 0 saturated heterocycles. The van der Waals surface area contributed by atoms with E-state index in [1.165, 1.54) is 17.4 Å². The molecule has 21 heavy (non-hydrogen) atoms. The van der Waals surface area contributed by atoms with Crippen molar-refractivity contribution in [3.05, 3.63) is 46.2 Å². The number of benzene rings is 1. The number of hydrogen-bond acceptors (Lipinski definition) is 4. The normalized spacial score (nSPS) is 11.9. The van der Waals surface area contributed by atoms with Gasteiger partial charge in [-0.3, -0.25) is 4.79 Å². The first-order chi connectivity index (χ1) is 10.1. The molecule has 0 N–H and O–H groups in total. The van der Waals surface area contributed by atoms with Crippen molar-refractivity contribution in [1.29, 1.82) is 0 Å². The highest BCUT2D eigenvalue weighted by molar-refractivity contribution is 7.07. The van der Waals surface area contributed by atoms with Gasteiger partial charge in [0.25, 0.3) is 5.91 Å². The molecule has 0 aliphatic rings. The van der Waals surface area contributed by atoms with Gasteiger partial charge in [0.1, 0.15) is 11.5 Å². The largest absolute Gasteiger partial charge is 0.497 e. The number of rotatable bonds is 4. The van der Waals surface area contributed by atoms with E-state index in [4.69, 9.17) is 9.47 Å². The van der Waals surface area contributed by atoms with Crippen LogP contribution in [0.4, 0.5) is 0 Å². The molecule has 0 aliphatic heterocycles. The Morgan fingerprint density at radius 3 is 2.76 bits per heavy atom. The minimum absolute atomic E-state index is 0.321. The van der Waals surface area contributed by atoms with Crippen LogP contribution in [0.25, 0.3) is 6.08 Å². The van der Waals surface area contributed by atoms with Crippen molar-refractivity contribution in [2.45, 2.75) is 0 Å². The topological polar surface area (TPSA) is 52.8 Å². The third-order valence-corrected chi connectivity index (χ3v) is 3.66. The second-order valence-corrected chi connectivity index (χ2v) is 5.06. The van der Waals surface area contributed by atoms with E-state index in [-0.39, 0.29) is 5.91 Å². The van der Waals surface area contributed by atoms with Crippen LogP contribution in [-0.4, -0.2) is 24.7 Å². The molecule has 0 radical (unpaired) electrons. The van der Waals surface area contributed by atoms with Crippen LogP contribution in [0, 0.1) is 0 Å². The van der Waals surface area contributed by atoms with E-state index in [0.717, 1.165) is 5.56 Å². The van der Waals surface area contributed by atoms with Crippen LogP contribution >= 0.6 is 11.3 Å². The second kappa shape index (κ2) is 6.90. The molecular formula is C15H16N2O3S. The quantitative estimate of drug-likeness (QED) is 0.814. The lowest BCUT2D eigenvalue weighted by Crippen LogP contribution is -2.11. The predicted octanol–water partition coefficient (Wildman–Crippen LogP) is 2.24. The molecule has 1 amide bonds. The van der Waals surface area contributed by atoms with Crippen molar-refractivity contribution in [1.82, 2.24) is 4.57 Å². The molecule has 2 aromatic rings. The highest BCUT2D eigenvalue weighted by atomic mass is 32.1. The van der Waals surface area contributed by atoms with E-state index in [0.29, 0.717) is 16.3 Å². The van der Waals surface area contributed by atoms with Crippen LogP contribution in [0.5, 0.6) is 11.5 Å². The van der Waals surface area contributed by atoms with Crippen molar-refractivity contribution in [2.75, 3.05) is 14.2 Å². The van der Waals surface area contributed by atoms with Gasteiger partial charge in [0.2, 0.25) is 0 Å². The lowest BCUT2D eigenvalue weighted by Gasteiger charge is -2.06. The number of thiazole rings is 1. The summed E-state index contributed by atoms with van der Waals surface area (Å²) in [5, 5.41) is 1.88. The molecule has 0 unspecified atom stereocenters. The van der Waals surface area contributed by atoms with Gasteiger partial charge in [0, 0.05) is 30.3 Å². The maximum Gasteiger partial charge on any atom is 0.272 e. The summed E-state index contributed by atoms with van der Waals surface area (Å²) < 4.78 is 12.2. The van der Waals surface area contributed by atoms with Crippen molar-refractivity contribution >= 4 is 23.3 Å². The molecule has 1 aromatic heterocycles. The first-order valence-electron chi connectivity index (χ1n) is 6.23. The zero-order valence-electron chi connectivity index (χ0n) is 12.1. The molecule has 1 aromatic carbocycles. The second-order valence-electron chi connectivity index (χ2n) is 4.19. The summed E-state index contributed by atoms with van der Waals surface area (Å²) >= 11 is 1.41. The first kappa shape index (κ1) is 15.1. The molecule has 110 valence electrons. The van der Waals surface area contributed by atoms with Gasteiger partial charge in [-0.15, -0.1) is 11.3 Å². The Balaban J connectivity index is 2.25. The molecule has 0 bridgehead atoms. The van der Waals surface area contributed by atoms with Crippen LogP contribution in [0.1, 0.15) is 5.56 Å². The Bertz CT molecular complexity index is 729. The molecule has 1 heterocycles. The third-order valence-electron chi connectivity index (χ3n) is 2.81. The van der Waals surface area contributed by atoms with Crippen LogP contribution in [0.15, 0.2) is 40.8 Å². The SMILES string of the molecule is COc1ccc(OC)c(/C=C/C(=O)N=c2sccn2C)c1. The van der Waals surface area contributed by atoms with Crippen LogP contribution < -0.4 is 14.3 Å². The van der Waals surface area contributed by atoms with Crippen LogP contribution in [0.3, 0.4) is 0 Å². The highest BCUT2D eigenvalue weighted by Crippen LogP contribution is 2.24. The zero-order chi connectivity index (χ0) is 15.2. The summed E-state index contributed by atoms with van der Waals surface area (Å²) in [4.78, 5) is 16.5. The minimum atomic E-state index is -0.321. The Hall–Kier alpha value is -2.34. The average Bonchev–Trinajstić information content (AvgIpc) is 2.90.